The molecule has 0 aliphatic heterocycles. The molecule has 0 aliphatic rings. The average molecular weight is 224 g/mol. The SMILES string of the molecule is Cc1cc(C)n(-c2ncnc(N)c2Cl)n1. The van der Waals surface area contributed by atoms with Crippen LogP contribution in [0.25, 0.3) is 5.82 Å². The second kappa shape index (κ2) is 3.51. The molecule has 2 aromatic heterocycles. The third-order valence-corrected chi connectivity index (χ3v) is 2.37. The molecule has 78 valence electrons. The highest BCUT2D eigenvalue weighted by Gasteiger charge is 2.11. The number of hydrogen-bond acceptors (Lipinski definition) is 4. The summed E-state index contributed by atoms with van der Waals surface area (Å²) in [4.78, 5) is 7.86. The quantitative estimate of drug-likeness (QED) is 0.796. The predicted octanol–water partition coefficient (Wildman–Crippen LogP) is 1.51. The van der Waals surface area contributed by atoms with Crippen molar-refractivity contribution >= 4 is 17.4 Å². The minimum atomic E-state index is 0.259. The Morgan fingerprint density at radius 2 is 2.07 bits per heavy atom. The van der Waals surface area contributed by atoms with Gasteiger partial charge in [0.25, 0.3) is 0 Å². The molecule has 0 bridgehead atoms. The number of rotatable bonds is 1. The fourth-order valence-corrected chi connectivity index (χ4v) is 1.54. The van der Waals surface area contributed by atoms with Crippen molar-refractivity contribution in [3.05, 3.63) is 28.8 Å². The Morgan fingerprint density at radius 1 is 1.33 bits per heavy atom. The second-order valence-corrected chi connectivity index (χ2v) is 3.61. The first-order valence-corrected chi connectivity index (χ1v) is 4.77. The van der Waals surface area contributed by atoms with Crippen molar-refractivity contribution in [3.8, 4) is 5.82 Å². The molecule has 0 atom stereocenters. The summed E-state index contributed by atoms with van der Waals surface area (Å²) in [6, 6.07) is 1.94. The van der Waals surface area contributed by atoms with Crippen LogP contribution in [0.2, 0.25) is 5.02 Å². The zero-order valence-electron chi connectivity index (χ0n) is 8.40. The Morgan fingerprint density at radius 3 is 2.67 bits per heavy atom. The summed E-state index contributed by atoms with van der Waals surface area (Å²) in [6.07, 6.45) is 1.37. The molecule has 0 saturated carbocycles. The number of hydrogen-bond donors (Lipinski definition) is 1. The molecule has 5 nitrogen and oxygen atoms in total. The fourth-order valence-electron chi connectivity index (χ4n) is 1.36. The maximum absolute atomic E-state index is 6.00. The Balaban J connectivity index is 2.64. The van der Waals surface area contributed by atoms with E-state index in [2.05, 4.69) is 15.1 Å². The van der Waals surface area contributed by atoms with Gasteiger partial charge in [0.15, 0.2) is 5.82 Å². The van der Waals surface area contributed by atoms with Crippen LogP contribution < -0.4 is 5.73 Å². The molecule has 0 aliphatic carbocycles. The Bertz CT molecular complexity index is 505. The molecule has 0 aromatic carbocycles. The van der Waals surface area contributed by atoms with Crippen molar-refractivity contribution in [3.63, 3.8) is 0 Å². The molecular formula is C9H10ClN5. The van der Waals surface area contributed by atoms with Crippen LogP contribution in [0.4, 0.5) is 5.82 Å². The lowest BCUT2D eigenvalue weighted by Crippen LogP contribution is -2.05. The number of nitrogen functional groups attached to an aromatic ring is 1. The van der Waals surface area contributed by atoms with Crippen LogP contribution in [-0.4, -0.2) is 19.7 Å². The van der Waals surface area contributed by atoms with Crippen molar-refractivity contribution < 1.29 is 0 Å². The summed E-state index contributed by atoms with van der Waals surface area (Å²) >= 11 is 6.00. The van der Waals surface area contributed by atoms with E-state index in [0.29, 0.717) is 10.8 Å². The van der Waals surface area contributed by atoms with Crippen LogP contribution in [0.15, 0.2) is 12.4 Å². The third kappa shape index (κ3) is 1.66. The van der Waals surface area contributed by atoms with Gasteiger partial charge in [-0.25, -0.2) is 14.6 Å². The van der Waals surface area contributed by atoms with E-state index >= 15 is 0 Å². The van der Waals surface area contributed by atoms with Crippen molar-refractivity contribution in [2.24, 2.45) is 0 Å². The summed E-state index contributed by atoms with van der Waals surface area (Å²) in [5, 5.41) is 4.59. The molecule has 2 heterocycles. The highest BCUT2D eigenvalue weighted by molar-refractivity contribution is 6.34. The molecular weight excluding hydrogens is 214 g/mol. The van der Waals surface area contributed by atoms with Gasteiger partial charge in [0.2, 0.25) is 0 Å². The van der Waals surface area contributed by atoms with E-state index in [4.69, 9.17) is 17.3 Å². The van der Waals surface area contributed by atoms with Crippen LogP contribution >= 0.6 is 11.6 Å². The van der Waals surface area contributed by atoms with E-state index in [1.807, 2.05) is 19.9 Å². The average Bonchev–Trinajstić information content (AvgIpc) is 2.50. The number of nitrogens with two attached hydrogens (primary N) is 1. The molecule has 2 aromatic rings. The summed E-state index contributed by atoms with van der Waals surface area (Å²) < 4.78 is 1.65. The molecule has 0 unspecified atom stereocenters. The largest absolute Gasteiger partial charge is 0.382 e. The van der Waals surface area contributed by atoms with Crippen molar-refractivity contribution in [2.75, 3.05) is 5.73 Å². The van der Waals surface area contributed by atoms with Gasteiger partial charge >= 0.3 is 0 Å². The molecule has 0 radical (unpaired) electrons. The fraction of sp³-hybridized carbons (Fsp3) is 0.222. The van der Waals surface area contributed by atoms with Gasteiger partial charge in [0.05, 0.1) is 5.69 Å². The molecule has 2 N–H and O–H groups in total. The lowest BCUT2D eigenvalue weighted by molar-refractivity contribution is 0.802. The van der Waals surface area contributed by atoms with Crippen LogP contribution in [0.5, 0.6) is 0 Å². The van der Waals surface area contributed by atoms with E-state index in [-0.39, 0.29) is 5.82 Å². The second-order valence-electron chi connectivity index (χ2n) is 3.24. The molecule has 0 amide bonds. The lowest BCUT2D eigenvalue weighted by atomic mass is 10.4. The van der Waals surface area contributed by atoms with Gasteiger partial charge in [-0.3, -0.25) is 0 Å². The van der Waals surface area contributed by atoms with E-state index in [1.54, 1.807) is 4.68 Å². The Hall–Kier alpha value is -1.62. The lowest BCUT2D eigenvalue weighted by Gasteiger charge is -2.05. The molecule has 0 fully saturated rings. The number of anilines is 1. The van der Waals surface area contributed by atoms with Crippen LogP contribution in [0.3, 0.4) is 0 Å². The van der Waals surface area contributed by atoms with Gasteiger partial charge in [-0.05, 0) is 19.9 Å². The normalized spacial score (nSPS) is 10.6. The Kier molecular flexibility index (Phi) is 2.32. The minimum Gasteiger partial charge on any atom is -0.382 e. The summed E-state index contributed by atoms with van der Waals surface area (Å²) in [7, 11) is 0. The highest BCUT2D eigenvalue weighted by atomic mass is 35.5. The van der Waals surface area contributed by atoms with E-state index in [9.17, 15) is 0 Å². The van der Waals surface area contributed by atoms with Gasteiger partial charge in [-0.15, -0.1) is 0 Å². The molecule has 0 spiro atoms. The van der Waals surface area contributed by atoms with Gasteiger partial charge < -0.3 is 5.73 Å². The molecule has 2 rings (SSSR count). The first kappa shape index (κ1) is 9.92. The first-order valence-electron chi connectivity index (χ1n) is 4.39. The zero-order chi connectivity index (χ0) is 11.0. The highest BCUT2D eigenvalue weighted by Crippen LogP contribution is 2.23. The van der Waals surface area contributed by atoms with Gasteiger partial charge in [0.1, 0.15) is 17.2 Å². The smallest absolute Gasteiger partial charge is 0.177 e. The van der Waals surface area contributed by atoms with Crippen LogP contribution in [-0.2, 0) is 0 Å². The number of nitrogens with zero attached hydrogens (tertiary/aromatic N) is 4. The summed E-state index contributed by atoms with van der Waals surface area (Å²) in [5.41, 5.74) is 7.45. The maximum Gasteiger partial charge on any atom is 0.177 e. The predicted molar refractivity (Wildman–Crippen MR) is 58.1 cm³/mol. The number of halogens is 1. The van der Waals surface area contributed by atoms with Crippen molar-refractivity contribution in [1.29, 1.82) is 0 Å². The number of aryl methyl sites for hydroxylation is 2. The third-order valence-electron chi connectivity index (χ3n) is 2.01. The standard InChI is InChI=1S/C9H10ClN5/c1-5-3-6(2)15(14-5)9-7(10)8(11)12-4-13-9/h3-4H,1-2H3,(H2,11,12,13). The topological polar surface area (TPSA) is 69.6 Å². The van der Waals surface area contributed by atoms with Gasteiger partial charge in [0, 0.05) is 5.69 Å². The van der Waals surface area contributed by atoms with Crippen molar-refractivity contribution in [1.82, 2.24) is 19.7 Å². The first-order chi connectivity index (χ1) is 7.09. The van der Waals surface area contributed by atoms with E-state index < -0.39 is 0 Å². The van der Waals surface area contributed by atoms with Gasteiger partial charge in [-0.1, -0.05) is 11.6 Å². The van der Waals surface area contributed by atoms with Crippen LogP contribution in [0, 0.1) is 13.8 Å². The zero-order valence-corrected chi connectivity index (χ0v) is 9.15. The molecule has 15 heavy (non-hydrogen) atoms. The number of aromatic nitrogens is 4. The summed E-state index contributed by atoms with van der Waals surface area (Å²) in [6.45, 7) is 3.83. The maximum atomic E-state index is 6.00. The molecule has 0 saturated heterocycles. The molecule has 6 heteroatoms. The van der Waals surface area contributed by atoms with Gasteiger partial charge in [-0.2, -0.15) is 5.10 Å². The van der Waals surface area contributed by atoms with E-state index in [0.717, 1.165) is 11.4 Å². The van der Waals surface area contributed by atoms with E-state index in [1.165, 1.54) is 6.33 Å². The van der Waals surface area contributed by atoms with Crippen LogP contribution in [0.1, 0.15) is 11.4 Å². The summed E-state index contributed by atoms with van der Waals surface area (Å²) in [5.74, 6) is 0.768. The minimum absolute atomic E-state index is 0.259. The monoisotopic (exact) mass is 223 g/mol. The van der Waals surface area contributed by atoms with Crippen molar-refractivity contribution in [2.45, 2.75) is 13.8 Å². The Labute approximate surface area is 91.9 Å².